The number of rotatable bonds is 2. The van der Waals surface area contributed by atoms with E-state index in [-0.39, 0.29) is 12.4 Å². The normalized spacial score (nSPS) is 30.5. The average molecular weight is 190 g/mol. The van der Waals surface area contributed by atoms with Crippen molar-refractivity contribution < 1.29 is 0 Å². The van der Waals surface area contributed by atoms with Crippen molar-refractivity contribution in [2.75, 3.05) is 13.1 Å². The monoisotopic (exact) mass is 189 g/mol. The van der Waals surface area contributed by atoms with Crippen LogP contribution in [0.1, 0.15) is 38.5 Å². The summed E-state index contributed by atoms with van der Waals surface area (Å²) >= 11 is 0. The van der Waals surface area contributed by atoms with Crippen molar-refractivity contribution in [3.63, 3.8) is 0 Å². The highest BCUT2D eigenvalue weighted by atomic mass is 35.5. The van der Waals surface area contributed by atoms with Crippen LogP contribution in [0.25, 0.3) is 0 Å². The van der Waals surface area contributed by atoms with E-state index in [4.69, 9.17) is 0 Å². The van der Waals surface area contributed by atoms with Crippen LogP contribution in [-0.4, -0.2) is 13.1 Å². The minimum absolute atomic E-state index is 0. The Labute approximate surface area is 81.7 Å². The zero-order valence-corrected chi connectivity index (χ0v) is 8.54. The summed E-state index contributed by atoms with van der Waals surface area (Å²) in [6.07, 6.45) is 8.98. The van der Waals surface area contributed by atoms with Gasteiger partial charge >= 0.3 is 0 Å². The van der Waals surface area contributed by atoms with E-state index >= 15 is 0 Å². The van der Waals surface area contributed by atoms with E-state index < -0.39 is 0 Å². The first-order valence-electron chi connectivity index (χ1n) is 5.16. The Bertz CT molecular complexity index is 117. The maximum absolute atomic E-state index is 3.49. The molecule has 12 heavy (non-hydrogen) atoms. The lowest BCUT2D eigenvalue weighted by Crippen LogP contribution is -2.31. The standard InChI is InChI=1S/C10H19N.ClH/c1-3-9(4-1)7-10-5-2-6-11-8-10;/h9-11H,1-8H2;1H. The third-order valence-electron chi connectivity index (χ3n) is 3.29. The summed E-state index contributed by atoms with van der Waals surface area (Å²) in [6.45, 7) is 2.57. The maximum Gasteiger partial charge on any atom is -0.00204 e. The van der Waals surface area contributed by atoms with Crippen LogP contribution in [-0.2, 0) is 0 Å². The highest BCUT2D eigenvalue weighted by Crippen LogP contribution is 2.33. The van der Waals surface area contributed by atoms with E-state index in [0.717, 1.165) is 11.8 Å². The van der Waals surface area contributed by atoms with Crippen molar-refractivity contribution in [1.82, 2.24) is 5.32 Å². The third kappa shape index (κ3) is 2.63. The van der Waals surface area contributed by atoms with E-state index in [1.807, 2.05) is 0 Å². The van der Waals surface area contributed by atoms with Crippen molar-refractivity contribution in [3.05, 3.63) is 0 Å². The molecule has 1 N–H and O–H groups in total. The fourth-order valence-electron chi connectivity index (χ4n) is 2.33. The van der Waals surface area contributed by atoms with Crippen molar-refractivity contribution in [1.29, 1.82) is 0 Å². The lowest BCUT2D eigenvalue weighted by atomic mass is 9.77. The third-order valence-corrected chi connectivity index (χ3v) is 3.29. The molecule has 0 amide bonds. The van der Waals surface area contributed by atoms with Gasteiger partial charge in [-0.25, -0.2) is 0 Å². The smallest absolute Gasteiger partial charge is 0.00204 e. The molecular formula is C10H20ClN. The number of hydrogen-bond donors (Lipinski definition) is 1. The van der Waals surface area contributed by atoms with Gasteiger partial charge < -0.3 is 5.32 Å². The quantitative estimate of drug-likeness (QED) is 0.705. The molecule has 0 aromatic carbocycles. The summed E-state index contributed by atoms with van der Waals surface area (Å²) in [7, 11) is 0. The van der Waals surface area contributed by atoms with Crippen LogP contribution in [0.5, 0.6) is 0 Å². The lowest BCUT2D eigenvalue weighted by Gasteiger charge is -2.31. The molecule has 1 unspecified atom stereocenters. The zero-order valence-electron chi connectivity index (χ0n) is 7.72. The van der Waals surface area contributed by atoms with Gasteiger partial charge in [-0.1, -0.05) is 19.3 Å². The molecule has 1 saturated carbocycles. The fourth-order valence-corrected chi connectivity index (χ4v) is 2.33. The Kier molecular flexibility index (Phi) is 4.38. The van der Waals surface area contributed by atoms with Crippen molar-refractivity contribution >= 4 is 12.4 Å². The van der Waals surface area contributed by atoms with Gasteiger partial charge in [0, 0.05) is 0 Å². The lowest BCUT2D eigenvalue weighted by molar-refractivity contribution is 0.224. The molecule has 1 heterocycles. The van der Waals surface area contributed by atoms with Crippen LogP contribution in [0.3, 0.4) is 0 Å². The molecule has 0 spiro atoms. The Morgan fingerprint density at radius 1 is 1.00 bits per heavy atom. The van der Waals surface area contributed by atoms with Crippen LogP contribution in [0.15, 0.2) is 0 Å². The van der Waals surface area contributed by atoms with E-state index in [1.165, 1.54) is 51.6 Å². The molecule has 0 bridgehead atoms. The van der Waals surface area contributed by atoms with E-state index in [9.17, 15) is 0 Å². The van der Waals surface area contributed by atoms with Gasteiger partial charge in [-0.05, 0) is 44.2 Å². The van der Waals surface area contributed by atoms with E-state index in [2.05, 4.69) is 5.32 Å². The summed E-state index contributed by atoms with van der Waals surface area (Å²) in [6, 6.07) is 0. The summed E-state index contributed by atoms with van der Waals surface area (Å²) in [5, 5.41) is 3.49. The number of piperidine rings is 1. The van der Waals surface area contributed by atoms with Crippen LogP contribution in [0.2, 0.25) is 0 Å². The van der Waals surface area contributed by atoms with Crippen LogP contribution in [0, 0.1) is 11.8 Å². The Morgan fingerprint density at radius 2 is 1.75 bits per heavy atom. The topological polar surface area (TPSA) is 12.0 Å². The van der Waals surface area contributed by atoms with Crippen molar-refractivity contribution in [2.24, 2.45) is 11.8 Å². The first-order chi connectivity index (χ1) is 5.45. The van der Waals surface area contributed by atoms with Crippen molar-refractivity contribution in [3.8, 4) is 0 Å². The summed E-state index contributed by atoms with van der Waals surface area (Å²) in [4.78, 5) is 0. The van der Waals surface area contributed by atoms with Gasteiger partial charge in [0.25, 0.3) is 0 Å². The summed E-state index contributed by atoms with van der Waals surface area (Å²) in [5.74, 6) is 2.13. The maximum atomic E-state index is 3.49. The van der Waals surface area contributed by atoms with E-state index in [0.29, 0.717) is 0 Å². The van der Waals surface area contributed by atoms with Gasteiger partial charge in [0.15, 0.2) is 0 Å². The Balaban J connectivity index is 0.000000720. The summed E-state index contributed by atoms with van der Waals surface area (Å²) < 4.78 is 0. The second kappa shape index (κ2) is 5.08. The summed E-state index contributed by atoms with van der Waals surface area (Å²) in [5.41, 5.74) is 0. The first-order valence-corrected chi connectivity index (χ1v) is 5.16. The van der Waals surface area contributed by atoms with Gasteiger partial charge in [0.05, 0.1) is 0 Å². The molecule has 2 fully saturated rings. The second-order valence-electron chi connectivity index (χ2n) is 4.25. The Hall–Kier alpha value is 0.250. The predicted octanol–water partition coefficient (Wildman–Crippen LogP) is 2.60. The molecule has 0 radical (unpaired) electrons. The molecule has 2 aliphatic rings. The SMILES string of the molecule is C1CC(CC2CCCNC2)C1.Cl. The average Bonchev–Trinajstić information content (AvgIpc) is 1.99. The highest BCUT2D eigenvalue weighted by Gasteiger charge is 2.22. The predicted molar refractivity (Wildman–Crippen MR) is 54.8 cm³/mol. The number of halogens is 1. The molecule has 1 aliphatic heterocycles. The van der Waals surface area contributed by atoms with Crippen LogP contribution >= 0.6 is 12.4 Å². The first kappa shape index (κ1) is 10.3. The molecule has 0 aromatic heterocycles. The molecule has 72 valence electrons. The number of hydrogen-bond acceptors (Lipinski definition) is 1. The zero-order chi connectivity index (χ0) is 7.52. The highest BCUT2D eigenvalue weighted by molar-refractivity contribution is 5.85. The van der Waals surface area contributed by atoms with Crippen LogP contribution in [0.4, 0.5) is 0 Å². The Morgan fingerprint density at radius 3 is 2.25 bits per heavy atom. The molecule has 2 rings (SSSR count). The van der Waals surface area contributed by atoms with Gasteiger partial charge in [-0.15, -0.1) is 12.4 Å². The van der Waals surface area contributed by atoms with Gasteiger partial charge in [-0.2, -0.15) is 0 Å². The molecule has 1 saturated heterocycles. The molecule has 2 heteroatoms. The van der Waals surface area contributed by atoms with Crippen molar-refractivity contribution in [2.45, 2.75) is 38.5 Å². The molecule has 1 atom stereocenters. The molecule has 1 nitrogen and oxygen atoms in total. The molecular weight excluding hydrogens is 170 g/mol. The van der Waals surface area contributed by atoms with Gasteiger partial charge in [0.1, 0.15) is 0 Å². The molecule has 0 aromatic rings. The molecule has 1 aliphatic carbocycles. The van der Waals surface area contributed by atoms with Gasteiger partial charge in [0.2, 0.25) is 0 Å². The second-order valence-corrected chi connectivity index (χ2v) is 4.25. The minimum Gasteiger partial charge on any atom is -0.316 e. The minimum atomic E-state index is 0. The van der Waals surface area contributed by atoms with Crippen LogP contribution < -0.4 is 5.32 Å². The van der Waals surface area contributed by atoms with Gasteiger partial charge in [-0.3, -0.25) is 0 Å². The fraction of sp³-hybridized carbons (Fsp3) is 1.00. The number of nitrogens with one attached hydrogen (secondary N) is 1. The largest absolute Gasteiger partial charge is 0.316 e. The van der Waals surface area contributed by atoms with E-state index in [1.54, 1.807) is 0 Å².